The molecule has 0 aliphatic rings. The summed E-state index contributed by atoms with van der Waals surface area (Å²) in [6.45, 7) is 3.92. The van der Waals surface area contributed by atoms with Gasteiger partial charge in [-0.25, -0.2) is 8.42 Å². The maximum absolute atomic E-state index is 13.1. The van der Waals surface area contributed by atoms with E-state index in [-0.39, 0.29) is 31.3 Å². The maximum Gasteiger partial charge on any atom is 0.242 e. The molecule has 0 aliphatic carbocycles. The highest BCUT2D eigenvalue weighted by Gasteiger charge is 2.26. The number of carbonyl (C=O) groups is 2. The fraction of sp³-hybridized carbons (Fsp3) is 0.417. The average Bonchev–Trinajstić information content (AvgIpc) is 2.79. The van der Waals surface area contributed by atoms with Gasteiger partial charge in [0.25, 0.3) is 0 Å². The number of amides is 2. The predicted octanol–water partition coefficient (Wildman–Crippen LogP) is 2.71. The summed E-state index contributed by atoms with van der Waals surface area (Å²) in [5.74, 6) is 0.158. The molecule has 1 atom stereocenters. The van der Waals surface area contributed by atoms with Crippen molar-refractivity contribution in [2.75, 3.05) is 31.3 Å². The Labute approximate surface area is 196 Å². The Morgan fingerprint density at radius 2 is 1.82 bits per heavy atom. The Kier molecular flexibility index (Phi) is 9.28. The topological polar surface area (TPSA) is 96.0 Å². The standard InChI is InChI=1S/C24H33N3O5S/c1-18-10-6-7-13-22(18)27(33(5,30)31)15-9-14-23(28)26(19(2)24(29)25-3)17-20-11-8-12-21(16-20)32-4/h6-8,10-13,16,19H,9,14-15,17H2,1-5H3,(H,25,29). The van der Waals surface area contributed by atoms with Crippen molar-refractivity contribution in [3.8, 4) is 5.75 Å². The predicted molar refractivity (Wildman–Crippen MR) is 130 cm³/mol. The number of ether oxygens (including phenoxy) is 1. The van der Waals surface area contributed by atoms with Crippen molar-refractivity contribution in [3.05, 3.63) is 59.7 Å². The lowest BCUT2D eigenvalue weighted by Crippen LogP contribution is -2.46. The molecule has 33 heavy (non-hydrogen) atoms. The minimum absolute atomic E-state index is 0.100. The third kappa shape index (κ3) is 7.21. The largest absolute Gasteiger partial charge is 0.497 e. The number of sulfonamides is 1. The third-order valence-corrected chi connectivity index (χ3v) is 6.62. The number of aryl methyl sites for hydroxylation is 1. The first-order chi connectivity index (χ1) is 15.6. The van der Waals surface area contributed by atoms with Gasteiger partial charge in [0.1, 0.15) is 11.8 Å². The zero-order chi connectivity index (χ0) is 24.6. The van der Waals surface area contributed by atoms with Crippen LogP contribution in [0.3, 0.4) is 0 Å². The van der Waals surface area contributed by atoms with Crippen LogP contribution < -0.4 is 14.4 Å². The molecule has 1 N–H and O–H groups in total. The van der Waals surface area contributed by atoms with Gasteiger partial charge in [-0.3, -0.25) is 13.9 Å². The molecule has 0 bridgehead atoms. The number of anilines is 1. The molecule has 0 fully saturated rings. The van der Waals surface area contributed by atoms with Gasteiger partial charge in [-0.1, -0.05) is 30.3 Å². The van der Waals surface area contributed by atoms with Gasteiger partial charge >= 0.3 is 0 Å². The van der Waals surface area contributed by atoms with Crippen LogP contribution in [0.1, 0.15) is 30.9 Å². The molecule has 2 aromatic rings. The lowest BCUT2D eigenvalue weighted by Gasteiger charge is -2.29. The van der Waals surface area contributed by atoms with Crippen LogP contribution in [0.4, 0.5) is 5.69 Å². The van der Waals surface area contributed by atoms with Gasteiger partial charge in [-0.05, 0) is 49.6 Å². The van der Waals surface area contributed by atoms with Gasteiger partial charge in [0.15, 0.2) is 0 Å². The van der Waals surface area contributed by atoms with Crippen molar-refractivity contribution in [2.24, 2.45) is 0 Å². The van der Waals surface area contributed by atoms with Crippen LogP contribution in [0, 0.1) is 6.92 Å². The van der Waals surface area contributed by atoms with Crippen LogP contribution in [0.2, 0.25) is 0 Å². The number of methoxy groups -OCH3 is 1. The second-order valence-corrected chi connectivity index (χ2v) is 9.80. The summed E-state index contributed by atoms with van der Waals surface area (Å²) in [4.78, 5) is 26.9. The van der Waals surface area contributed by atoms with Gasteiger partial charge < -0.3 is 15.0 Å². The second-order valence-electron chi connectivity index (χ2n) is 7.89. The molecule has 180 valence electrons. The van der Waals surface area contributed by atoms with E-state index in [4.69, 9.17) is 4.74 Å². The molecule has 2 amide bonds. The molecule has 8 nitrogen and oxygen atoms in total. The van der Waals surface area contributed by atoms with Crippen molar-refractivity contribution >= 4 is 27.5 Å². The Morgan fingerprint density at radius 1 is 1.12 bits per heavy atom. The maximum atomic E-state index is 13.1. The molecule has 1 unspecified atom stereocenters. The van der Waals surface area contributed by atoms with Gasteiger partial charge in [0.05, 0.1) is 19.1 Å². The fourth-order valence-electron chi connectivity index (χ4n) is 3.58. The molecule has 0 aromatic heterocycles. The van der Waals surface area contributed by atoms with E-state index in [0.29, 0.717) is 17.9 Å². The highest BCUT2D eigenvalue weighted by Crippen LogP contribution is 2.23. The number of nitrogens with zero attached hydrogens (tertiary/aromatic N) is 2. The molecule has 0 heterocycles. The molecular weight excluding hydrogens is 442 g/mol. The van der Waals surface area contributed by atoms with E-state index in [0.717, 1.165) is 17.4 Å². The van der Waals surface area contributed by atoms with E-state index in [1.54, 1.807) is 26.2 Å². The molecule has 2 rings (SSSR count). The molecular formula is C24H33N3O5S. The van der Waals surface area contributed by atoms with Crippen LogP contribution in [0.5, 0.6) is 5.75 Å². The first kappa shape index (κ1) is 26.2. The fourth-order valence-corrected chi connectivity index (χ4v) is 4.61. The van der Waals surface area contributed by atoms with Crippen molar-refractivity contribution < 1.29 is 22.7 Å². The van der Waals surface area contributed by atoms with Crippen LogP contribution in [0.15, 0.2) is 48.5 Å². The van der Waals surface area contributed by atoms with Gasteiger partial charge in [-0.15, -0.1) is 0 Å². The van der Waals surface area contributed by atoms with Gasteiger partial charge in [0, 0.05) is 26.6 Å². The van der Waals surface area contributed by atoms with Crippen LogP contribution in [0.25, 0.3) is 0 Å². The van der Waals surface area contributed by atoms with Crippen LogP contribution >= 0.6 is 0 Å². The Bertz CT molecular complexity index is 1070. The summed E-state index contributed by atoms with van der Waals surface area (Å²) in [5, 5.41) is 2.59. The first-order valence-corrected chi connectivity index (χ1v) is 12.6. The lowest BCUT2D eigenvalue weighted by atomic mass is 10.1. The quantitative estimate of drug-likeness (QED) is 0.539. The van der Waals surface area contributed by atoms with E-state index in [1.165, 1.54) is 16.3 Å². The SMILES string of the molecule is CNC(=O)C(C)N(Cc1cccc(OC)c1)C(=O)CCCN(c1ccccc1C)S(C)(=O)=O. The van der Waals surface area contributed by atoms with E-state index < -0.39 is 16.1 Å². The van der Waals surface area contributed by atoms with Crippen LogP contribution in [-0.2, 0) is 26.2 Å². The molecule has 0 saturated carbocycles. The van der Waals surface area contributed by atoms with E-state index in [9.17, 15) is 18.0 Å². The zero-order valence-corrected chi connectivity index (χ0v) is 20.7. The Morgan fingerprint density at radius 3 is 2.42 bits per heavy atom. The normalized spacial score (nSPS) is 12.0. The smallest absolute Gasteiger partial charge is 0.242 e. The summed E-state index contributed by atoms with van der Waals surface area (Å²) >= 11 is 0. The highest BCUT2D eigenvalue weighted by atomic mass is 32.2. The Balaban J connectivity index is 2.17. The third-order valence-electron chi connectivity index (χ3n) is 5.44. The summed E-state index contributed by atoms with van der Waals surface area (Å²) < 4.78 is 31.4. The average molecular weight is 476 g/mol. The van der Waals surface area contributed by atoms with Crippen molar-refractivity contribution in [2.45, 2.75) is 39.3 Å². The molecule has 2 aromatic carbocycles. The summed E-state index contributed by atoms with van der Waals surface area (Å²) in [7, 11) is -0.425. The Hall–Kier alpha value is -3.07. The molecule has 0 spiro atoms. The van der Waals surface area contributed by atoms with Crippen LogP contribution in [-0.4, -0.2) is 58.1 Å². The number of rotatable bonds is 11. The number of carbonyl (C=O) groups excluding carboxylic acids is 2. The number of hydrogen-bond donors (Lipinski definition) is 1. The number of likely N-dealkylation sites (N-methyl/N-ethyl adjacent to an activating group) is 1. The van der Waals surface area contributed by atoms with E-state index in [2.05, 4.69) is 5.32 Å². The summed E-state index contributed by atoms with van der Waals surface area (Å²) in [5.41, 5.74) is 2.26. The lowest BCUT2D eigenvalue weighted by molar-refractivity contribution is -0.140. The minimum atomic E-state index is -3.52. The van der Waals surface area contributed by atoms with Crippen molar-refractivity contribution in [3.63, 3.8) is 0 Å². The van der Waals surface area contributed by atoms with Crippen molar-refractivity contribution in [1.29, 1.82) is 0 Å². The number of para-hydroxylation sites is 1. The summed E-state index contributed by atoms with van der Waals surface area (Å²) in [6, 6.07) is 13.9. The number of hydrogen-bond acceptors (Lipinski definition) is 5. The number of benzene rings is 2. The van der Waals surface area contributed by atoms with E-state index in [1.807, 2.05) is 43.3 Å². The molecule has 0 aliphatic heterocycles. The minimum Gasteiger partial charge on any atom is -0.497 e. The number of nitrogens with one attached hydrogen (secondary N) is 1. The molecule has 0 saturated heterocycles. The van der Waals surface area contributed by atoms with E-state index >= 15 is 0 Å². The first-order valence-electron chi connectivity index (χ1n) is 10.8. The van der Waals surface area contributed by atoms with Crippen molar-refractivity contribution in [1.82, 2.24) is 10.2 Å². The zero-order valence-electron chi connectivity index (χ0n) is 19.9. The van der Waals surface area contributed by atoms with Gasteiger partial charge in [-0.2, -0.15) is 0 Å². The monoisotopic (exact) mass is 475 g/mol. The highest BCUT2D eigenvalue weighted by molar-refractivity contribution is 7.92. The second kappa shape index (κ2) is 11.7. The molecule has 0 radical (unpaired) electrons. The van der Waals surface area contributed by atoms with Gasteiger partial charge in [0.2, 0.25) is 21.8 Å². The summed E-state index contributed by atoms with van der Waals surface area (Å²) in [6.07, 6.45) is 1.57. The molecule has 9 heteroatoms.